The lowest BCUT2D eigenvalue weighted by atomic mass is 10.1. The van der Waals surface area contributed by atoms with Crippen LogP contribution >= 0.6 is 11.6 Å². The first-order valence-corrected chi connectivity index (χ1v) is 7.19. The Labute approximate surface area is 128 Å². The van der Waals surface area contributed by atoms with Crippen LogP contribution in [-0.2, 0) is 5.88 Å². The molecule has 3 rings (SSSR count). The average molecular weight is 299 g/mol. The second kappa shape index (κ2) is 6.02. The van der Waals surface area contributed by atoms with Crippen LogP contribution in [0.2, 0.25) is 0 Å². The van der Waals surface area contributed by atoms with Crippen molar-refractivity contribution in [2.24, 2.45) is 0 Å². The van der Waals surface area contributed by atoms with E-state index in [1.807, 2.05) is 65.5 Å². The molecule has 0 atom stereocenters. The molecular weight excluding hydrogens is 284 g/mol. The van der Waals surface area contributed by atoms with E-state index in [0.29, 0.717) is 5.88 Å². The van der Waals surface area contributed by atoms with Crippen LogP contribution in [-0.4, -0.2) is 16.9 Å². The molecule has 1 heterocycles. The van der Waals surface area contributed by atoms with Crippen molar-refractivity contribution in [2.75, 3.05) is 7.11 Å². The van der Waals surface area contributed by atoms with Crippen molar-refractivity contribution in [3.63, 3.8) is 0 Å². The summed E-state index contributed by atoms with van der Waals surface area (Å²) in [6.07, 6.45) is 1.97. The molecule has 0 aliphatic carbocycles. The highest BCUT2D eigenvalue weighted by atomic mass is 35.5. The molecule has 21 heavy (non-hydrogen) atoms. The molecule has 3 aromatic rings. The standard InChI is InChI=1S/C17H15ClN2O/c1-21-16-9-5-6-13(10-16)17-14(11-18)12-20(19-17)15-7-3-2-4-8-15/h2-10,12H,11H2,1H3. The second-order valence-electron chi connectivity index (χ2n) is 4.65. The number of benzene rings is 2. The van der Waals surface area contributed by atoms with Gasteiger partial charge < -0.3 is 4.74 Å². The third kappa shape index (κ3) is 2.78. The fourth-order valence-electron chi connectivity index (χ4n) is 2.23. The van der Waals surface area contributed by atoms with E-state index in [1.54, 1.807) is 7.11 Å². The SMILES string of the molecule is COc1cccc(-c2nn(-c3ccccc3)cc2CCl)c1. The minimum absolute atomic E-state index is 0.416. The lowest BCUT2D eigenvalue weighted by molar-refractivity contribution is 0.415. The van der Waals surface area contributed by atoms with Crippen molar-refractivity contribution < 1.29 is 4.74 Å². The van der Waals surface area contributed by atoms with Crippen molar-refractivity contribution in [1.82, 2.24) is 9.78 Å². The topological polar surface area (TPSA) is 27.1 Å². The smallest absolute Gasteiger partial charge is 0.119 e. The van der Waals surface area contributed by atoms with Gasteiger partial charge >= 0.3 is 0 Å². The van der Waals surface area contributed by atoms with Gasteiger partial charge in [-0.2, -0.15) is 5.10 Å². The number of aromatic nitrogens is 2. The van der Waals surface area contributed by atoms with E-state index in [2.05, 4.69) is 5.10 Å². The molecule has 0 spiro atoms. The van der Waals surface area contributed by atoms with E-state index >= 15 is 0 Å². The quantitative estimate of drug-likeness (QED) is 0.672. The predicted octanol–water partition coefficient (Wildman–Crippen LogP) is 4.29. The first-order valence-electron chi connectivity index (χ1n) is 6.66. The number of nitrogens with zero attached hydrogens (tertiary/aromatic N) is 2. The zero-order valence-corrected chi connectivity index (χ0v) is 12.4. The summed E-state index contributed by atoms with van der Waals surface area (Å²) in [5.41, 5.74) is 3.89. The highest BCUT2D eigenvalue weighted by Crippen LogP contribution is 2.27. The summed E-state index contributed by atoms with van der Waals surface area (Å²) in [6, 6.07) is 17.8. The lowest BCUT2D eigenvalue weighted by Crippen LogP contribution is -1.94. The Morgan fingerprint density at radius 2 is 1.90 bits per heavy atom. The molecule has 3 nitrogen and oxygen atoms in total. The molecule has 4 heteroatoms. The Bertz CT molecular complexity index is 738. The van der Waals surface area contributed by atoms with Crippen molar-refractivity contribution in [3.05, 3.63) is 66.4 Å². The fourth-order valence-corrected chi connectivity index (χ4v) is 2.43. The molecule has 0 saturated carbocycles. The van der Waals surface area contributed by atoms with Crippen LogP contribution in [0.15, 0.2) is 60.8 Å². The van der Waals surface area contributed by atoms with Crippen molar-refractivity contribution in [1.29, 1.82) is 0 Å². The van der Waals surface area contributed by atoms with E-state index in [-0.39, 0.29) is 0 Å². The zero-order valence-electron chi connectivity index (χ0n) is 11.7. The van der Waals surface area contributed by atoms with Crippen LogP contribution in [0.1, 0.15) is 5.56 Å². The molecule has 2 aromatic carbocycles. The molecular formula is C17H15ClN2O. The van der Waals surface area contributed by atoms with Gasteiger partial charge in [0, 0.05) is 17.3 Å². The minimum Gasteiger partial charge on any atom is -0.497 e. The Morgan fingerprint density at radius 1 is 1.10 bits per heavy atom. The molecule has 0 bridgehead atoms. The van der Waals surface area contributed by atoms with Crippen LogP contribution < -0.4 is 4.74 Å². The molecule has 0 aliphatic rings. The van der Waals surface area contributed by atoms with Crippen LogP contribution in [0.4, 0.5) is 0 Å². The number of hydrogen-bond acceptors (Lipinski definition) is 2. The third-order valence-corrected chi connectivity index (χ3v) is 3.59. The van der Waals surface area contributed by atoms with E-state index in [9.17, 15) is 0 Å². The summed E-state index contributed by atoms with van der Waals surface area (Å²) < 4.78 is 7.13. The summed E-state index contributed by atoms with van der Waals surface area (Å²) in [5, 5.41) is 4.67. The maximum atomic E-state index is 6.07. The number of rotatable bonds is 4. The van der Waals surface area contributed by atoms with E-state index in [4.69, 9.17) is 16.3 Å². The second-order valence-corrected chi connectivity index (χ2v) is 4.92. The van der Waals surface area contributed by atoms with Gasteiger partial charge in [-0.25, -0.2) is 4.68 Å². The Morgan fingerprint density at radius 3 is 2.62 bits per heavy atom. The highest BCUT2D eigenvalue weighted by molar-refractivity contribution is 6.17. The first kappa shape index (κ1) is 13.7. The number of ether oxygens (including phenoxy) is 1. The number of hydrogen-bond donors (Lipinski definition) is 0. The predicted molar refractivity (Wildman–Crippen MR) is 85.1 cm³/mol. The monoisotopic (exact) mass is 298 g/mol. The van der Waals surface area contributed by atoms with Gasteiger partial charge in [0.15, 0.2) is 0 Å². The summed E-state index contributed by atoms with van der Waals surface area (Å²) >= 11 is 6.07. The number of para-hydroxylation sites is 1. The fraction of sp³-hybridized carbons (Fsp3) is 0.118. The minimum atomic E-state index is 0.416. The summed E-state index contributed by atoms with van der Waals surface area (Å²) in [6.45, 7) is 0. The van der Waals surface area contributed by atoms with Gasteiger partial charge in [0.05, 0.1) is 24.4 Å². The Kier molecular flexibility index (Phi) is 3.93. The third-order valence-electron chi connectivity index (χ3n) is 3.30. The molecule has 0 N–H and O–H groups in total. The van der Waals surface area contributed by atoms with Crippen LogP contribution in [0.25, 0.3) is 16.9 Å². The van der Waals surface area contributed by atoms with Crippen molar-refractivity contribution in [2.45, 2.75) is 5.88 Å². The van der Waals surface area contributed by atoms with Gasteiger partial charge in [0.1, 0.15) is 5.75 Å². The molecule has 0 radical (unpaired) electrons. The van der Waals surface area contributed by atoms with Gasteiger partial charge in [0.2, 0.25) is 0 Å². The van der Waals surface area contributed by atoms with Crippen LogP contribution in [0, 0.1) is 0 Å². The Hall–Kier alpha value is -2.26. The van der Waals surface area contributed by atoms with Gasteiger partial charge in [-0.3, -0.25) is 0 Å². The van der Waals surface area contributed by atoms with Crippen molar-refractivity contribution in [3.8, 4) is 22.7 Å². The summed E-state index contributed by atoms with van der Waals surface area (Å²) in [4.78, 5) is 0. The molecule has 106 valence electrons. The molecule has 0 fully saturated rings. The van der Waals surface area contributed by atoms with E-state index in [1.165, 1.54) is 0 Å². The average Bonchev–Trinajstić information content (AvgIpc) is 3.00. The van der Waals surface area contributed by atoms with Gasteiger partial charge in [0.25, 0.3) is 0 Å². The lowest BCUT2D eigenvalue weighted by Gasteiger charge is -2.03. The number of halogens is 1. The van der Waals surface area contributed by atoms with Crippen molar-refractivity contribution >= 4 is 11.6 Å². The number of alkyl halides is 1. The van der Waals surface area contributed by atoms with Gasteiger partial charge in [-0.15, -0.1) is 11.6 Å². The Balaban J connectivity index is 2.08. The largest absolute Gasteiger partial charge is 0.497 e. The summed E-state index contributed by atoms with van der Waals surface area (Å²) in [7, 11) is 1.66. The van der Waals surface area contributed by atoms with Gasteiger partial charge in [-0.05, 0) is 24.3 Å². The summed E-state index contributed by atoms with van der Waals surface area (Å²) in [5.74, 6) is 1.22. The maximum absolute atomic E-state index is 6.07. The van der Waals surface area contributed by atoms with Crippen LogP contribution in [0.3, 0.4) is 0 Å². The molecule has 1 aromatic heterocycles. The highest BCUT2D eigenvalue weighted by Gasteiger charge is 2.12. The van der Waals surface area contributed by atoms with Gasteiger partial charge in [-0.1, -0.05) is 30.3 Å². The van der Waals surface area contributed by atoms with E-state index in [0.717, 1.165) is 28.3 Å². The molecule has 0 amide bonds. The zero-order chi connectivity index (χ0) is 14.7. The van der Waals surface area contributed by atoms with E-state index < -0.39 is 0 Å². The molecule has 0 aliphatic heterocycles. The first-order chi connectivity index (χ1) is 10.3. The molecule has 0 saturated heterocycles. The van der Waals surface area contributed by atoms with Crippen LogP contribution in [0.5, 0.6) is 5.75 Å². The molecule has 0 unspecified atom stereocenters. The normalized spacial score (nSPS) is 10.6. The number of methoxy groups -OCH3 is 1. The maximum Gasteiger partial charge on any atom is 0.119 e.